The predicted molar refractivity (Wildman–Crippen MR) is 86.9 cm³/mol. The third-order valence-corrected chi connectivity index (χ3v) is 3.88. The molecular weight excluding hydrogens is 308 g/mol. The molecule has 0 unspecified atom stereocenters. The van der Waals surface area contributed by atoms with Gasteiger partial charge in [-0.2, -0.15) is 10.1 Å². The van der Waals surface area contributed by atoms with Crippen LogP contribution < -0.4 is 5.73 Å². The van der Waals surface area contributed by atoms with Crippen LogP contribution in [0.1, 0.15) is 43.2 Å². The number of carbonyl (C=O) groups is 1. The molecule has 8 nitrogen and oxygen atoms in total. The van der Waals surface area contributed by atoms with Gasteiger partial charge in [-0.1, -0.05) is 19.0 Å². The number of hydrogen-bond donors (Lipinski definition) is 1. The fraction of sp³-hybridized carbons (Fsp3) is 0.312. The lowest BCUT2D eigenvalue weighted by molar-refractivity contribution is 0.0995. The molecule has 0 aliphatic carbocycles. The lowest BCUT2D eigenvalue weighted by atomic mass is 10.2. The zero-order chi connectivity index (χ0) is 17.1. The zero-order valence-corrected chi connectivity index (χ0v) is 13.5. The Labute approximate surface area is 138 Å². The summed E-state index contributed by atoms with van der Waals surface area (Å²) in [6, 6.07) is 5.34. The molecule has 8 heteroatoms. The van der Waals surface area contributed by atoms with E-state index in [1.807, 2.05) is 10.7 Å². The summed E-state index contributed by atoms with van der Waals surface area (Å²) in [5, 5.41) is 8.36. The third-order valence-electron chi connectivity index (χ3n) is 3.88. The predicted octanol–water partition coefficient (Wildman–Crippen LogP) is 2.46. The second kappa shape index (κ2) is 6.61. The lowest BCUT2D eigenvalue weighted by Gasteiger charge is -2.14. The Morgan fingerprint density at radius 1 is 1.29 bits per heavy atom. The van der Waals surface area contributed by atoms with Crippen LogP contribution in [0.5, 0.6) is 0 Å². The molecule has 1 amide bonds. The standard InChI is InChI=1S/C16H18N6O2/c1-3-11(4-2)22-13(7-8-19-22)16-20-15(21-24-16)10-5-6-12(14(17)23)18-9-10/h5-9,11H,3-4H2,1-2H3,(H2,17,23). The van der Waals surface area contributed by atoms with Gasteiger partial charge >= 0.3 is 0 Å². The van der Waals surface area contributed by atoms with Crippen molar-refractivity contribution >= 4 is 5.91 Å². The summed E-state index contributed by atoms with van der Waals surface area (Å²) in [5.74, 6) is 0.212. The number of pyridine rings is 1. The van der Waals surface area contributed by atoms with E-state index in [0.717, 1.165) is 18.5 Å². The van der Waals surface area contributed by atoms with Crippen LogP contribution in [-0.2, 0) is 0 Å². The van der Waals surface area contributed by atoms with Gasteiger partial charge in [0.25, 0.3) is 11.8 Å². The minimum atomic E-state index is -0.579. The van der Waals surface area contributed by atoms with E-state index in [0.29, 0.717) is 17.3 Å². The Hall–Kier alpha value is -3.03. The molecule has 0 bridgehead atoms. The Bertz CT molecular complexity index is 832. The fourth-order valence-corrected chi connectivity index (χ4v) is 2.53. The lowest BCUT2D eigenvalue weighted by Crippen LogP contribution is -2.12. The molecule has 0 saturated heterocycles. The van der Waals surface area contributed by atoms with Crippen LogP contribution in [0, 0.1) is 0 Å². The smallest absolute Gasteiger partial charge is 0.276 e. The van der Waals surface area contributed by atoms with E-state index in [1.165, 1.54) is 12.3 Å². The highest BCUT2D eigenvalue weighted by Gasteiger charge is 2.18. The summed E-state index contributed by atoms with van der Waals surface area (Å²) >= 11 is 0. The first kappa shape index (κ1) is 15.9. The number of aromatic nitrogens is 5. The highest BCUT2D eigenvalue weighted by molar-refractivity contribution is 5.90. The Morgan fingerprint density at radius 2 is 2.08 bits per heavy atom. The van der Waals surface area contributed by atoms with E-state index in [2.05, 4.69) is 34.1 Å². The SMILES string of the molecule is CCC(CC)n1nccc1-c1nc(-c2ccc(C(N)=O)nc2)no1. The molecule has 0 aromatic carbocycles. The third kappa shape index (κ3) is 2.90. The molecule has 3 aromatic rings. The highest BCUT2D eigenvalue weighted by atomic mass is 16.5. The van der Waals surface area contributed by atoms with Crippen LogP contribution >= 0.6 is 0 Å². The fourth-order valence-electron chi connectivity index (χ4n) is 2.53. The molecule has 3 aromatic heterocycles. The molecule has 0 radical (unpaired) electrons. The minimum absolute atomic E-state index is 0.189. The van der Waals surface area contributed by atoms with Crippen molar-refractivity contribution in [1.29, 1.82) is 0 Å². The van der Waals surface area contributed by atoms with Gasteiger partial charge < -0.3 is 10.3 Å². The molecule has 124 valence electrons. The average Bonchev–Trinajstić information content (AvgIpc) is 3.25. The quantitative estimate of drug-likeness (QED) is 0.744. The van der Waals surface area contributed by atoms with Crippen LogP contribution in [0.25, 0.3) is 23.0 Å². The van der Waals surface area contributed by atoms with Crippen LogP contribution in [0.2, 0.25) is 0 Å². The highest BCUT2D eigenvalue weighted by Crippen LogP contribution is 2.26. The topological polar surface area (TPSA) is 113 Å². The number of amides is 1. The number of carbonyl (C=O) groups excluding carboxylic acids is 1. The van der Waals surface area contributed by atoms with E-state index < -0.39 is 5.91 Å². The first-order valence-electron chi connectivity index (χ1n) is 7.77. The van der Waals surface area contributed by atoms with Crippen molar-refractivity contribution in [2.45, 2.75) is 32.7 Å². The molecule has 0 saturated carbocycles. The number of nitrogens with two attached hydrogens (primary N) is 1. The van der Waals surface area contributed by atoms with E-state index in [1.54, 1.807) is 12.3 Å². The number of nitrogens with zero attached hydrogens (tertiary/aromatic N) is 5. The Kier molecular flexibility index (Phi) is 4.37. The van der Waals surface area contributed by atoms with Crippen molar-refractivity contribution in [2.75, 3.05) is 0 Å². The average molecular weight is 326 g/mol. The Morgan fingerprint density at radius 3 is 2.71 bits per heavy atom. The monoisotopic (exact) mass is 326 g/mol. The van der Waals surface area contributed by atoms with Gasteiger partial charge in [0.2, 0.25) is 5.82 Å². The van der Waals surface area contributed by atoms with Crippen LogP contribution in [-0.4, -0.2) is 30.8 Å². The van der Waals surface area contributed by atoms with Crippen LogP contribution in [0.3, 0.4) is 0 Å². The molecule has 2 N–H and O–H groups in total. The van der Waals surface area contributed by atoms with E-state index in [9.17, 15) is 4.79 Å². The van der Waals surface area contributed by atoms with Crippen LogP contribution in [0.15, 0.2) is 35.1 Å². The minimum Gasteiger partial charge on any atom is -0.364 e. The summed E-state index contributed by atoms with van der Waals surface area (Å²) < 4.78 is 7.29. The molecule has 0 aliphatic rings. The molecule has 3 rings (SSSR count). The van der Waals surface area contributed by atoms with Gasteiger partial charge in [0, 0.05) is 18.0 Å². The van der Waals surface area contributed by atoms with Crippen molar-refractivity contribution < 1.29 is 9.32 Å². The normalized spacial score (nSPS) is 11.1. The van der Waals surface area contributed by atoms with Crippen molar-refractivity contribution in [2.24, 2.45) is 5.73 Å². The van der Waals surface area contributed by atoms with Gasteiger partial charge in [-0.05, 0) is 31.0 Å². The number of primary amides is 1. The van der Waals surface area contributed by atoms with Gasteiger partial charge in [-0.15, -0.1) is 0 Å². The molecule has 3 heterocycles. The van der Waals surface area contributed by atoms with E-state index >= 15 is 0 Å². The first-order chi connectivity index (χ1) is 11.6. The zero-order valence-electron chi connectivity index (χ0n) is 13.5. The molecule has 0 spiro atoms. The molecule has 0 atom stereocenters. The maximum atomic E-state index is 11.1. The van der Waals surface area contributed by atoms with Crippen molar-refractivity contribution in [1.82, 2.24) is 24.9 Å². The number of hydrogen-bond acceptors (Lipinski definition) is 6. The molecule has 0 aliphatic heterocycles. The molecule has 24 heavy (non-hydrogen) atoms. The van der Waals surface area contributed by atoms with Gasteiger partial charge in [0.05, 0.1) is 6.04 Å². The van der Waals surface area contributed by atoms with Gasteiger partial charge in [0.15, 0.2) is 0 Å². The molecule has 0 fully saturated rings. The maximum absolute atomic E-state index is 11.1. The maximum Gasteiger partial charge on any atom is 0.276 e. The number of rotatable bonds is 6. The van der Waals surface area contributed by atoms with E-state index in [-0.39, 0.29) is 11.7 Å². The van der Waals surface area contributed by atoms with Crippen molar-refractivity contribution in [3.63, 3.8) is 0 Å². The van der Waals surface area contributed by atoms with Gasteiger partial charge in [-0.3, -0.25) is 14.5 Å². The summed E-state index contributed by atoms with van der Waals surface area (Å²) in [6.07, 6.45) is 5.14. The largest absolute Gasteiger partial charge is 0.364 e. The summed E-state index contributed by atoms with van der Waals surface area (Å²) in [6.45, 7) is 4.23. The van der Waals surface area contributed by atoms with Gasteiger partial charge in [-0.25, -0.2) is 0 Å². The second-order valence-corrected chi connectivity index (χ2v) is 5.35. The Balaban J connectivity index is 1.91. The van der Waals surface area contributed by atoms with Gasteiger partial charge in [0.1, 0.15) is 11.4 Å². The first-order valence-corrected chi connectivity index (χ1v) is 7.77. The van der Waals surface area contributed by atoms with Crippen LogP contribution in [0.4, 0.5) is 0 Å². The summed E-state index contributed by atoms with van der Waals surface area (Å²) in [4.78, 5) is 19.5. The second-order valence-electron chi connectivity index (χ2n) is 5.35. The summed E-state index contributed by atoms with van der Waals surface area (Å²) in [5.41, 5.74) is 6.79. The van der Waals surface area contributed by atoms with E-state index in [4.69, 9.17) is 10.3 Å². The molecular formula is C16H18N6O2. The summed E-state index contributed by atoms with van der Waals surface area (Å²) in [7, 11) is 0. The van der Waals surface area contributed by atoms with Crippen molar-refractivity contribution in [3.05, 3.63) is 36.3 Å². The van der Waals surface area contributed by atoms with Crippen molar-refractivity contribution in [3.8, 4) is 23.0 Å².